The van der Waals surface area contributed by atoms with Gasteiger partial charge >= 0.3 is 0 Å². The summed E-state index contributed by atoms with van der Waals surface area (Å²) >= 11 is 0. The van der Waals surface area contributed by atoms with E-state index in [0.717, 1.165) is 30.6 Å². The molecule has 1 saturated carbocycles. The lowest BCUT2D eigenvalue weighted by molar-refractivity contribution is 0.140. The molecule has 3 fully saturated rings. The van der Waals surface area contributed by atoms with Crippen molar-refractivity contribution in [3.8, 4) is 0 Å². The molecule has 2 heterocycles. The first kappa shape index (κ1) is 12.9. The van der Waals surface area contributed by atoms with Gasteiger partial charge in [0.15, 0.2) is 0 Å². The average molecular weight is 252 g/mol. The molecule has 1 aliphatic carbocycles. The standard InChI is InChI=1S/C15H28N2O/c1-17-14-5-6-15(17)8-13(7-14)16-9-11-3-2-4-12(11)10-18/h11-16,18H,2-10H2,1H3. The molecule has 0 aromatic rings. The van der Waals surface area contributed by atoms with Crippen LogP contribution < -0.4 is 5.32 Å². The molecule has 0 spiro atoms. The highest BCUT2D eigenvalue weighted by atomic mass is 16.3. The Kier molecular flexibility index (Phi) is 3.92. The maximum Gasteiger partial charge on any atom is 0.0462 e. The molecular weight excluding hydrogens is 224 g/mol. The van der Waals surface area contributed by atoms with Crippen LogP contribution in [0.2, 0.25) is 0 Å². The molecule has 3 nitrogen and oxygen atoms in total. The van der Waals surface area contributed by atoms with E-state index in [2.05, 4.69) is 17.3 Å². The minimum Gasteiger partial charge on any atom is -0.396 e. The van der Waals surface area contributed by atoms with E-state index in [1.54, 1.807) is 0 Å². The Morgan fingerprint density at radius 2 is 1.72 bits per heavy atom. The third-order valence-electron chi connectivity index (χ3n) is 5.82. The number of fused-ring (bicyclic) bond motifs is 2. The Balaban J connectivity index is 1.47. The molecule has 4 atom stereocenters. The SMILES string of the molecule is CN1C2CCC1CC(NCC1CCCC1CO)C2. The predicted octanol–water partition coefficient (Wildman–Crippen LogP) is 1.61. The molecule has 4 unspecified atom stereocenters. The van der Waals surface area contributed by atoms with Crippen LogP contribution in [0, 0.1) is 11.8 Å². The fourth-order valence-corrected chi connectivity index (χ4v) is 4.52. The number of aliphatic hydroxyl groups excluding tert-OH is 1. The number of hydrogen-bond acceptors (Lipinski definition) is 3. The van der Waals surface area contributed by atoms with Gasteiger partial charge in [0.25, 0.3) is 0 Å². The lowest BCUT2D eigenvalue weighted by Crippen LogP contribution is -2.48. The van der Waals surface area contributed by atoms with Gasteiger partial charge in [-0.2, -0.15) is 0 Å². The Morgan fingerprint density at radius 1 is 1.06 bits per heavy atom. The van der Waals surface area contributed by atoms with E-state index in [4.69, 9.17) is 0 Å². The zero-order chi connectivity index (χ0) is 12.5. The lowest BCUT2D eigenvalue weighted by atomic mass is 9.94. The summed E-state index contributed by atoms with van der Waals surface area (Å²) in [5, 5.41) is 13.2. The molecule has 0 aromatic carbocycles. The molecule has 0 radical (unpaired) electrons. The second kappa shape index (κ2) is 5.48. The van der Waals surface area contributed by atoms with Crippen LogP contribution in [0.25, 0.3) is 0 Å². The van der Waals surface area contributed by atoms with Crippen molar-refractivity contribution >= 4 is 0 Å². The smallest absolute Gasteiger partial charge is 0.0462 e. The van der Waals surface area contributed by atoms with Crippen LogP contribution in [0.5, 0.6) is 0 Å². The third-order valence-corrected chi connectivity index (χ3v) is 5.82. The van der Waals surface area contributed by atoms with E-state index in [0.29, 0.717) is 12.5 Å². The quantitative estimate of drug-likeness (QED) is 0.798. The molecule has 3 rings (SSSR count). The van der Waals surface area contributed by atoms with Gasteiger partial charge in [-0.05, 0) is 64.0 Å². The highest BCUT2D eigenvalue weighted by Crippen LogP contribution is 2.35. The van der Waals surface area contributed by atoms with Crippen LogP contribution in [0.3, 0.4) is 0 Å². The van der Waals surface area contributed by atoms with Crippen molar-refractivity contribution in [2.45, 2.75) is 63.1 Å². The summed E-state index contributed by atoms with van der Waals surface area (Å²) in [4.78, 5) is 2.60. The molecule has 2 aliphatic heterocycles. The number of aliphatic hydroxyl groups is 1. The minimum atomic E-state index is 0.394. The average Bonchev–Trinajstić information content (AvgIpc) is 2.89. The van der Waals surface area contributed by atoms with Crippen LogP contribution in [0.4, 0.5) is 0 Å². The molecule has 3 heteroatoms. The molecule has 0 amide bonds. The summed E-state index contributed by atoms with van der Waals surface area (Å²) in [6.07, 6.45) is 9.35. The summed E-state index contributed by atoms with van der Waals surface area (Å²) in [7, 11) is 2.30. The zero-order valence-corrected chi connectivity index (χ0v) is 11.6. The molecule has 2 bridgehead atoms. The van der Waals surface area contributed by atoms with Gasteiger partial charge < -0.3 is 15.3 Å². The first-order valence-corrected chi connectivity index (χ1v) is 7.84. The Hall–Kier alpha value is -0.120. The van der Waals surface area contributed by atoms with Crippen LogP contribution >= 0.6 is 0 Å². The topological polar surface area (TPSA) is 35.5 Å². The number of nitrogens with zero attached hydrogens (tertiary/aromatic N) is 1. The van der Waals surface area contributed by atoms with E-state index in [-0.39, 0.29) is 0 Å². The summed E-state index contributed by atoms with van der Waals surface area (Å²) in [6.45, 7) is 1.53. The molecular formula is C15H28N2O. The highest BCUT2D eigenvalue weighted by Gasteiger charge is 2.38. The maximum atomic E-state index is 9.37. The van der Waals surface area contributed by atoms with Crippen molar-refractivity contribution in [2.75, 3.05) is 20.2 Å². The molecule has 104 valence electrons. The van der Waals surface area contributed by atoms with E-state index in [1.807, 2.05) is 0 Å². The van der Waals surface area contributed by atoms with Gasteiger partial charge in [0.2, 0.25) is 0 Å². The Bertz CT molecular complexity index is 270. The zero-order valence-electron chi connectivity index (χ0n) is 11.6. The van der Waals surface area contributed by atoms with Crippen molar-refractivity contribution in [3.05, 3.63) is 0 Å². The van der Waals surface area contributed by atoms with Gasteiger partial charge in [0.05, 0.1) is 0 Å². The monoisotopic (exact) mass is 252 g/mol. The summed E-state index contributed by atoms with van der Waals surface area (Å²) < 4.78 is 0. The fraction of sp³-hybridized carbons (Fsp3) is 1.00. The third kappa shape index (κ3) is 2.45. The van der Waals surface area contributed by atoms with Crippen molar-refractivity contribution < 1.29 is 5.11 Å². The van der Waals surface area contributed by atoms with Gasteiger partial charge in [0.1, 0.15) is 0 Å². The van der Waals surface area contributed by atoms with Gasteiger partial charge in [-0.25, -0.2) is 0 Å². The van der Waals surface area contributed by atoms with Crippen molar-refractivity contribution in [1.82, 2.24) is 10.2 Å². The normalized spacial score (nSPS) is 44.7. The number of nitrogens with one attached hydrogen (secondary N) is 1. The Morgan fingerprint density at radius 3 is 2.39 bits per heavy atom. The van der Waals surface area contributed by atoms with Gasteiger partial charge in [0, 0.05) is 24.7 Å². The minimum absolute atomic E-state index is 0.394. The molecule has 18 heavy (non-hydrogen) atoms. The second-order valence-electron chi connectivity index (χ2n) is 6.76. The number of piperidine rings is 1. The van der Waals surface area contributed by atoms with Crippen molar-refractivity contribution in [1.29, 1.82) is 0 Å². The van der Waals surface area contributed by atoms with E-state index < -0.39 is 0 Å². The number of hydrogen-bond donors (Lipinski definition) is 2. The number of rotatable bonds is 4. The largest absolute Gasteiger partial charge is 0.396 e. The molecule has 0 aromatic heterocycles. The first-order valence-electron chi connectivity index (χ1n) is 7.84. The van der Waals surface area contributed by atoms with Gasteiger partial charge in [-0.3, -0.25) is 0 Å². The summed E-state index contributed by atoms with van der Waals surface area (Å²) in [5.41, 5.74) is 0. The van der Waals surface area contributed by atoms with Crippen LogP contribution in [0.1, 0.15) is 44.9 Å². The highest BCUT2D eigenvalue weighted by molar-refractivity contribution is 4.96. The maximum absolute atomic E-state index is 9.37. The summed E-state index contributed by atoms with van der Waals surface area (Å²) in [6, 6.07) is 2.40. The van der Waals surface area contributed by atoms with Crippen LogP contribution in [-0.2, 0) is 0 Å². The molecule has 3 aliphatic rings. The van der Waals surface area contributed by atoms with E-state index in [9.17, 15) is 5.11 Å². The molecule has 2 N–H and O–H groups in total. The van der Waals surface area contributed by atoms with Crippen molar-refractivity contribution in [3.63, 3.8) is 0 Å². The Labute approximate surface area is 111 Å². The summed E-state index contributed by atoms with van der Waals surface area (Å²) in [5.74, 6) is 1.30. The fourth-order valence-electron chi connectivity index (χ4n) is 4.52. The van der Waals surface area contributed by atoms with Crippen LogP contribution in [-0.4, -0.2) is 48.3 Å². The van der Waals surface area contributed by atoms with Crippen molar-refractivity contribution in [2.24, 2.45) is 11.8 Å². The van der Waals surface area contributed by atoms with E-state index >= 15 is 0 Å². The second-order valence-corrected chi connectivity index (χ2v) is 6.76. The van der Waals surface area contributed by atoms with Crippen LogP contribution in [0.15, 0.2) is 0 Å². The lowest BCUT2D eigenvalue weighted by Gasteiger charge is -2.37. The predicted molar refractivity (Wildman–Crippen MR) is 73.5 cm³/mol. The molecule has 2 saturated heterocycles. The van der Waals surface area contributed by atoms with E-state index in [1.165, 1.54) is 44.9 Å². The van der Waals surface area contributed by atoms with Gasteiger partial charge in [-0.15, -0.1) is 0 Å². The first-order chi connectivity index (χ1) is 8.78. The van der Waals surface area contributed by atoms with Gasteiger partial charge in [-0.1, -0.05) is 6.42 Å².